The lowest BCUT2D eigenvalue weighted by atomic mass is 10.2. The Hall–Kier alpha value is -2.11. The first kappa shape index (κ1) is 12.0. The number of carbonyl (C=O) groups excluding carboxylic acids is 2. The fraction of sp³-hybridized carbons (Fsp3) is 0.300. The van der Waals surface area contributed by atoms with Gasteiger partial charge in [-0.2, -0.15) is 0 Å². The average Bonchev–Trinajstić information content (AvgIpc) is 2.17. The molecule has 1 unspecified atom stereocenters. The maximum absolute atomic E-state index is 11.4. The molecule has 86 valence electrons. The molecule has 0 spiro atoms. The smallest absolute Gasteiger partial charge is 0.319 e. The molecule has 16 heavy (non-hydrogen) atoms. The van der Waals surface area contributed by atoms with Crippen molar-refractivity contribution >= 4 is 17.6 Å². The number of pyridine rings is 1. The molecule has 0 aliphatic carbocycles. The monoisotopic (exact) mass is 222 g/mol. The summed E-state index contributed by atoms with van der Waals surface area (Å²) in [6.07, 6.45) is 3.25. The van der Waals surface area contributed by atoms with Crippen LogP contribution in [0.3, 0.4) is 0 Å². The van der Waals surface area contributed by atoms with E-state index < -0.39 is 5.91 Å². The number of hydrogen-bond acceptors (Lipinski definition) is 3. The molecule has 3 amide bonds. The Labute approximate surface area is 93.2 Å². The lowest BCUT2D eigenvalue weighted by Gasteiger charge is -2.12. The summed E-state index contributed by atoms with van der Waals surface area (Å²) in [5.41, 5.74) is 5.59. The number of amides is 3. The summed E-state index contributed by atoms with van der Waals surface area (Å²) in [6, 6.07) is 2.74. The van der Waals surface area contributed by atoms with Gasteiger partial charge in [0.25, 0.3) is 0 Å². The summed E-state index contributed by atoms with van der Waals surface area (Å²) >= 11 is 0. The highest BCUT2D eigenvalue weighted by atomic mass is 16.2. The Balaban J connectivity index is 2.39. The minimum atomic E-state index is -0.450. The Morgan fingerprint density at radius 1 is 1.56 bits per heavy atom. The van der Waals surface area contributed by atoms with Gasteiger partial charge in [0.15, 0.2) is 0 Å². The molecule has 0 aliphatic heterocycles. The van der Waals surface area contributed by atoms with Gasteiger partial charge in [-0.3, -0.25) is 9.78 Å². The van der Waals surface area contributed by atoms with Crippen LogP contribution in [0.4, 0.5) is 10.5 Å². The van der Waals surface area contributed by atoms with Gasteiger partial charge in [-0.15, -0.1) is 0 Å². The first-order valence-electron chi connectivity index (χ1n) is 4.84. The molecule has 0 bridgehead atoms. The van der Waals surface area contributed by atoms with Crippen LogP contribution >= 0.6 is 0 Å². The first-order chi connectivity index (χ1) is 7.58. The third-order valence-corrected chi connectivity index (χ3v) is 1.80. The number of nitrogens with two attached hydrogens (primary N) is 1. The van der Waals surface area contributed by atoms with Crippen molar-refractivity contribution in [1.82, 2.24) is 10.3 Å². The van der Waals surface area contributed by atoms with Crippen LogP contribution in [0.2, 0.25) is 0 Å². The number of rotatable bonds is 4. The lowest BCUT2D eigenvalue weighted by Crippen LogP contribution is -2.38. The number of hydrogen-bond donors (Lipinski definition) is 3. The highest BCUT2D eigenvalue weighted by molar-refractivity contribution is 5.89. The normalized spacial score (nSPS) is 11.6. The molecule has 0 saturated carbocycles. The second kappa shape index (κ2) is 5.69. The van der Waals surface area contributed by atoms with Crippen LogP contribution in [0.25, 0.3) is 0 Å². The summed E-state index contributed by atoms with van der Waals surface area (Å²) in [5.74, 6) is -0.450. The molecule has 4 N–H and O–H groups in total. The molecule has 1 aromatic heterocycles. The summed E-state index contributed by atoms with van der Waals surface area (Å²) < 4.78 is 0. The van der Waals surface area contributed by atoms with Gasteiger partial charge in [0.1, 0.15) is 0 Å². The number of carbonyl (C=O) groups is 2. The van der Waals surface area contributed by atoms with Gasteiger partial charge in [0.2, 0.25) is 5.91 Å². The van der Waals surface area contributed by atoms with E-state index in [0.717, 1.165) is 0 Å². The van der Waals surface area contributed by atoms with E-state index >= 15 is 0 Å². The third-order valence-electron chi connectivity index (χ3n) is 1.80. The summed E-state index contributed by atoms with van der Waals surface area (Å²) in [6.45, 7) is 1.70. The minimum absolute atomic E-state index is 0.112. The number of aromatic nitrogens is 1. The molecule has 1 atom stereocenters. The van der Waals surface area contributed by atoms with Crippen molar-refractivity contribution in [3.05, 3.63) is 24.5 Å². The molecule has 6 nitrogen and oxygen atoms in total. The minimum Gasteiger partial charge on any atom is -0.370 e. The van der Waals surface area contributed by atoms with E-state index in [1.807, 2.05) is 0 Å². The number of urea groups is 1. The standard InChI is InChI=1S/C10H14N4O2/c1-7(5-9(11)15)13-10(16)14-8-3-2-4-12-6-8/h2-4,6-7H,5H2,1H3,(H2,11,15)(H2,13,14,16). The highest BCUT2D eigenvalue weighted by Crippen LogP contribution is 2.02. The van der Waals surface area contributed by atoms with Crippen molar-refractivity contribution in [2.45, 2.75) is 19.4 Å². The Bertz CT molecular complexity index is 366. The van der Waals surface area contributed by atoms with E-state index in [-0.39, 0.29) is 18.5 Å². The zero-order chi connectivity index (χ0) is 12.0. The molecule has 0 radical (unpaired) electrons. The van der Waals surface area contributed by atoms with Crippen molar-refractivity contribution < 1.29 is 9.59 Å². The Morgan fingerprint density at radius 3 is 2.88 bits per heavy atom. The van der Waals surface area contributed by atoms with Crippen LogP contribution in [0.15, 0.2) is 24.5 Å². The number of anilines is 1. The SMILES string of the molecule is CC(CC(N)=O)NC(=O)Nc1cccnc1. The zero-order valence-corrected chi connectivity index (χ0v) is 8.93. The van der Waals surface area contributed by atoms with Gasteiger partial charge in [-0.05, 0) is 19.1 Å². The van der Waals surface area contributed by atoms with E-state index in [9.17, 15) is 9.59 Å². The molecule has 1 heterocycles. The molecule has 1 rings (SSSR count). The average molecular weight is 222 g/mol. The predicted octanol–water partition coefficient (Wildman–Crippen LogP) is 0.467. The van der Waals surface area contributed by atoms with Crippen LogP contribution < -0.4 is 16.4 Å². The van der Waals surface area contributed by atoms with Crippen molar-refractivity contribution in [3.63, 3.8) is 0 Å². The van der Waals surface area contributed by atoms with Crippen LogP contribution in [-0.2, 0) is 4.79 Å². The van der Waals surface area contributed by atoms with Crippen molar-refractivity contribution in [2.75, 3.05) is 5.32 Å². The quantitative estimate of drug-likeness (QED) is 0.690. The fourth-order valence-electron chi connectivity index (χ4n) is 1.18. The number of primary amides is 1. The van der Waals surface area contributed by atoms with Crippen LogP contribution in [0.5, 0.6) is 0 Å². The largest absolute Gasteiger partial charge is 0.370 e. The van der Waals surface area contributed by atoms with Gasteiger partial charge >= 0.3 is 6.03 Å². The van der Waals surface area contributed by atoms with E-state index in [1.54, 1.807) is 25.3 Å². The molecule has 0 saturated heterocycles. The Kier molecular flexibility index (Phi) is 4.26. The molecule has 0 aliphatic rings. The van der Waals surface area contributed by atoms with Gasteiger partial charge in [0, 0.05) is 18.7 Å². The van der Waals surface area contributed by atoms with Gasteiger partial charge in [-0.25, -0.2) is 4.79 Å². The van der Waals surface area contributed by atoms with Gasteiger partial charge in [-0.1, -0.05) is 0 Å². The second-order valence-electron chi connectivity index (χ2n) is 3.41. The Morgan fingerprint density at radius 2 is 2.31 bits per heavy atom. The van der Waals surface area contributed by atoms with Crippen LogP contribution in [-0.4, -0.2) is 23.0 Å². The third kappa shape index (κ3) is 4.41. The summed E-state index contributed by atoms with van der Waals surface area (Å²) in [5, 5.41) is 5.16. The highest BCUT2D eigenvalue weighted by Gasteiger charge is 2.09. The van der Waals surface area contributed by atoms with Crippen LogP contribution in [0, 0.1) is 0 Å². The molecule has 0 fully saturated rings. The summed E-state index contributed by atoms with van der Waals surface area (Å²) in [4.78, 5) is 25.8. The molecule has 6 heteroatoms. The van der Waals surface area contributed by atoms with Crippen molar-refractivity contribution in [3.8, 4) is 0 Å². The lowest BCUT2D eigenvalue weighted by molar-refractivity contribution is -0.118. The van der Waals surface area contributed by atoms with E-state index in [4.69, 9.17) is 5.73 Å². The molecular weight excluding hydrogens is 208 g/mol. The summed E-state index contributed by atoms with van der Waals surface area (Å²) in [7, 11) is 0. The predicted molar refractivity (Wildman–Crippen MR) is 59.7 cm³/mol. The molecular formula is C10H14N4O2. The van der Waals surface area contributed by atoms with Gasteiger partial charge < -0.3 is 16.4 Å². The van der Waals surface area contributed by atoms with Crippen LogP contribution in [0.1, 0.15) is 13.3 Å². The zero-order valence-electron chi connectivity index (χ0n) is 8.93. The first-order valence-corrected chi connectivity index (χ1v) is 4.84. The molecule has 1 aromatic rings. The topological polar surface area (TPSA) is 97.1 Å². The second-order valence-corrected chi connectivity index (χ2v) is 3.41. The maximum Gasteiger partial charge on any atom is 0.319 e. The van der Waals surface area contributed by atoms with Crippen molar-refractivity contribution in [1.29, 1.82) is 0 Å². The fourth-order valence-corrected chi connectivity index (χ4v) is 1.18. The number of nitrogens with zero attached hydrogens (tertiary/aromatic N) is 1. The molecule has 0 aromatic carbocycles. The van der Waals surface area contributed by atoms with Gasteiger partial charge in [0.05, 0.1) is 11.9 Å². The van der Waals surface area contributed by atoms with Crippen molar-refractivity contribution in [2.24, 2.45) is 5.73 Å². The van der Waals surface area contributed by atoms with E-state index in [0.29, 0.717) is 5.69 Å². The maximum atomic E-state index is 11.4. The number of nitrogens with one attached hydrogen (secondary N) is 2. The van der Waals surface area contributed by atoms with E-state index in [1.165, 1.54) is 6.20 Å². The van der Waals surface area contributed by atoms with E-state index in [2.05, 4.69) is 15.6 Å².